The summed E-state index contributed by atoms with van der Waals surface area (Å²) in [7, 11) is -2.99. The van der Waals surface area contributed by atoms with Crippen LogP contribution in [0.4, 0.5) is 4.39 Å². The molecule has 1 fully saturated rings. The van der Waals surface area contributed by atoms with Crippen LogP contribution in [-0.4, -0.2) is 59.6 Å². The average Bonchev–Trinajstić information content (AvgIpc) is 3.23. The molecule has 0 aliphatic carbocycles. The highest BCUT2D eigenvalue weighted by molar-refractivity contribution is 6.99. The van der Waals surface area contributed by atoms with Crippen LogP contribution in [0.1, 0.15) is 46.8 Å². The highest BCUT2D eigenvalue weighted by Crippen LogP contribution is 2.39. The smallest absolute Gasteiger partial charge is 0.330 e. The molecule has 0 bridgehead atoms. The molecule has 8 nitrogen and oxygen atoms in total. The largest absolute Gasteiger partial charge is 0.405 e. The average molecular weight is 556 g/mol. The number of H-pyrrole nitrogens is 1. The molecule has 0 saturated carbocycles. The monoisotopic (exact) mass is 555 g/mol. The minimum atomic E-state index is -2.99. The highest BCUT2D eigenvalue weighted by atomic mass is 28.4. The maximum absolute atomic E-state index is 16.0. The predicted octanol–water partition coefficient (Wildman–Crippen LogP) is 3.21. The van der Waals surface area contributed by atoms with Crippen molar-refractivity contribution in [2.45, 2.75) is 70.1 Å². The number of benzene rings is 2. The second-order valence-electron chi connectivity index (χ2n) is 11.0. The van der Waals surface area contributed by atoms with Gasteiger partial charge in [0, 0.05) is 18.8 Å². The molecular formula is C29H38FN3O5Si. The number of alkyl halides is 1. The van der Waals surface area contributed by atoms with E-state index in [4.69, 9.17) is 9.16 Å². The molecule has 0 amide bonds. The van der Waals surface area contributed by atoms with Crippen LogP contribution >= 0.6 is 0 Å². The van der Waals surface area contributed by atoms with Gasteiger partial charge in [-0.25, -0.2) is 13.8 Å². The van der Waals surface area contributed by atoms with Crippen molar-refractivity contribution in [2.75, 3.05) is 13.2 Å². The third-order valence-electron chi connectivity index (χ3n) is 7.40. The first-order valence-electron chi connectivity index (χ1n) is 13.4. The van der Waals surface area contributed by atoms with Gasteiger partial charge >= 0.3 is 5.69 Å². The fourth-order valence-corrected chi connectivity index (χ4v) is 10.1. The molecule has 0 unspecified atom stereocenters. The van der Waals surface area contributed by atoms with E-state index in [1.807, 2.05) is 43.3 Å². The van der Waals surface area contributed by atoms with Crippen LogP contribution in [-0.2, 0) is 9.16 Å². The molecule has 3 aromatic rings. The topological polar surface area (TPSA) is 96.8 Å². The summed E-state index contributed by atoms with van der Waals surface area (Å²) in [6.07, 6.45) is -1.65. The van der Waals surface area contributed by atoms with Crippen molar-refractivity contribution >= 4 is 18.7 Å². The molecule has 2 aromatic carbocycles. The second-order valence-corrected chi connectivity index (χ2v) is 15.3. The molecule has 1 aliphatic rings. The summed E-state index contributed by atoms with van der Waals surface area (Å²) >= 11 is 0. The van der Waals surface area contributed by atoms with E-state index < -0.39 is 44.1 Å². The van der Waals surface area contributed by atoms with E-state index >= 15 is 4.39 Å². The van der Waals surface area contributed by atoms with Crippen LogP contribution in [0.15, 0.2) is 82.5 Å². The van der Waals surface area contributed by atoms with E-state index in [0.29, 0.717) is 6.42 Å². The third-order valence-corrected chi connectivity index (χ3v) is 12.4. The number of unbranched alkanes of at least 4 members (excludes halogenated alkanes) is 1. The fourth-order valence-electron chi connectivity index (χ4n) is 5.52. The summed E-state index contributed by atoms with van der Waals surface area (Å²) in [6.45, 7) is 8.55. The van der Waals surface area contributed by atoms with Gasteiger partial charge in [-0.1, -0.05) is 94.8 Å². The van der Waals surface area contributed by atoms with Crippen LogP contribution in [0.3, 0.4) is 0 Å². The number of hydrogen-bond acceptors (Lipinski definition) is 6. The van der Waals surface area contributed by atoms with E-state index in [9.17, 15) is 14.8 Å². The number of hydroxylamine groups is 2. The van der Waals surface area contributed by atoms with Gasteiger partial charge in [0.25, 0.3) is 13.9 Å². The first kappa shape index (κ1) is 29.1. The van der Waals surface area contributed by atoms with Crippen LogP contribution in [0.25, 0.3) is 0 Å². The lowest BCUT2D eigenvalue weighted by molar-refractivity contribution is -0.154. The van der Waals surface area contributed by atoms with Gasteiger partial charge in [-0.05, 0) is 21.8 Å². The third kappa shape index (κ3) is 5.71. The standard InChI is InChI=1S/C29H38FN3O5Si/c1-5-6-19-32(36)26-23(38-27(25(26)30)33-24(34)17-18-31-28(33)35)20-37-39(29(2,3)4,21-13-9-7-10-14-21)22-15-11-8-12-16-22/h7-18,23,25-27,36H,5-6,19-20H2,1-4H3,(H,31,35)/t23-,25+,26-,27-/m1/s1. The molecule has 2 N–H and O–H groups in total. The number of hydrogen-bond donors (Lipinski definition) is 2. The lowest BCUT2D eigenvalue weighted by Crippen LogP contribution is -2.67. The van der Waals surface area contributed by atoms with Crippen LogP contribution in [0, 0.1) is 0 Å². The van der Waals surface area contributed by atoms with Crippen LogP contribution < -0.4 is 21.6 Å². The predicted molar refractivity (Wildman–Crippen MR) is 151 cm³/mol. The number of aromatic amines is 1. The quantitative estimate of drug-likeness (QED) is 0.295. The van der Waals surface area contributed by atoms with Crippen molar-refractivity contribution in [3.05, 3.63) is 93.8 Å². The number of nitrogens with one attached hydrogen (secondary N) is 1. The van der Waals surface area contributed by atoms with E-state index in [1.165, 1.54) is 6.20 Å². The molecule has 1 saturated heterocycles. The SMILES string of the molecule is CCCCN(O)[C@H]1[C@H](F)[C@H](n2c(=O)cc[nH]c2=O)O[C@@H]1CO[Si](c1ccccc1)(c1ccccc1)C(C)(C)C. The van der Waals surface area contributed by atoms with Gasteiger partial charge in [-0.2, -0.15) is 5.06 Å². The summed E-state index contributed by atoms with van der Waals surface area (Å²) in [4.78, 5) is 27.5. The number of halogens is 1. The molecule has 4 atom stereocenters. The highest BCUT2D eigenvalue weighted by Gasteiger charge is 2.54. The van der Waals surface area contributed by atoms with Crippen molar-refractivity contribution in [1.82, 2.24) is 14.6 Å². The number of aromatic nitrogens is 2. The summed E-state index contributed by atoms with van der Waals surface area (Å²) in [5.41, 5.74) is -1.46. The zero-order valence-corrected chi connectivity index (χ0v) is 23.9. The normalized spacial score (nSPS) is 21.9. The van der Waals surface area contributed by atoms with Gasteiger partial charge in [0.15, 0.2) is 12.4 Å². The molecular weight excluding hydrogens is 517 g/mol. The zero-order valence-electron chi connectivity index (χ0n) is 22.9. The van der Waals surface area contributed by atoms with Gasteiger partial charge in [-0.15, -0.1) is 0 Å². The Bertz CT molecular complexity index is 1260. The maximum atomic E-state index is 16.0. The van der Waals surface area contributed by atoms with Crippen molar-refractivity contribution in [3.63, 3.8) is 0 Å². The number of nitrogens with zero attached hydrogens (tertiary/aromatic N) is 2. The van der Waals surface area contributed by atoms with Crippen molar-refractivity contribution < 1.29 is 18.8 Å². The first-order chi connectivity index (χ1) is 18.6. The van der Waals surface area contributed by atoms with Crippen LogP contribution in [0.2, 0.25) is 5.04 Å². The molecule has 1 aliphatic heterocycles. The Morgan fingerprint density at radius 1 is 1.05 bits per heavy atom. The second kappa shape index (κ2) is 12.1. The van der Waals surface area contributed by atoms with E-state index in [2.05, 4.69) is 50.0 Å². The van der Waals surface area contributed by atoms with Gasteiger partial charge in [-0.3, -0.25) is 4.79 Å². The summed E-state index contributed by atoms with van der Waals surface area (Å²) in [6, 6.07) is 20.1. The Morgan fingerprint density at radius 3 is 2.15 bits per heavy atom. The van der Waals surface area contributed by atoms with E-state index in [-0.39, 0.29) is 18.2 Å². The summed E-state index contributed by atoms with van der Waals surface area (Å²) in [5.74, 6) is 0. The minimum absolute atomic E-state index is 0.0441. The molecule has 39 heavy (non-hydrogen) atoms. The van der Waals surface area contributed by atoms with Crippen LogP contribution in [0.5, 0.6) is 0 Å². The lowest BCUT2D eigenvalue weighted by Gasteiger charge is -2.43. The number of ether oxygens (including phenoxy) is 1. The van der Waals surface area contributed by atoms with E-state index in [0.717, 1.165) is 32.5 Å². The van der Waals surface area contributed by atoms with Gasteiger partial charge in [0.2, 0.25) is 0 Å². The molecule has 4 rings (SSSR count). The van der Waals surface area contributed by atoms with E-state index in [1.54, 1.807) is 0 Å². The molecule has 0 spiro atoms. The first-order valence-corrected chi connectivity index (χ1v) is 15.3. The Kier molecular flexibility index (Phi) is 9.02. The molecule has 210 valence electrons. The molecule has 0 radical (unpaired) electrons. The number of rotatable bonds is 10. The van der Waals surface area contributed by atoms with Gasteiger partial charge in [0.1, 0.15) is 6.10 Å². The molecule has 1 aromatic heterocycles. The molecule has 10 heteroatoms. The zero-order chi connectivity index (χ0) is 28.2. The minimum Gasteiger partial charge on any atom is -0.405 e. The Hall–Kier alpha value is -2.89. The summed E-state index contributed by atoms with van der Waals surface area (Å²) in [5, 5.41) is 13.7. The maximum Gasteiger partial charge on any atom is 0.330 e. The Labute approximate surface area is 229 Å². The van der Waals surface area contributed by atoms with Gasteiger partial charge in [0.05, 0.1) is 12.6 Å². The summed E-state index contributed by atoms with van der Waals surface area (Å²) < 4.78 is 29.8. The molecule has 2 heterocycles. The van der Waals surface area contributed by atoms with Crippen molar-refractivity contribution in [1.29, 1.82) is 0 Å². The van der Waals surface area contributed by atoms with Gasteiger partial charge < -0.3 is 19.4 Å². The fraction of sp³-hybridized carbons (Fsp3) is 0.448. The lowest BCUT2D eigenvalue weighted by atomic mass is 10.1. The Balaban J connectivity index is 1.76. The van der Waals surface area contributed by atoms with Crippen molar-refractivity contribution in [2.24, 2.45) is 0 Å². The Morgan fingerprint density at radius 2 is 1.64 bits per heavy atom. The van der Waals surface area contributed by atoms with Crippen molar-refractivity contribution in [3.8, 4) is 0 Å².